The Morgan fingerprint density at radius 2 is 0.722 bits per heavy atom. The van der Waals surface area contributed by atoms with E-state index in [4.69, 9.17) is 0 Å². The second kappa shape index (κ2) is 20.1. The second-order valence-electron chi connectivity index (χ2n) is 10.5. The van der Waals surface area contributed by atoms with Gasteiger partial charge in [0.2, 0.25) is 0 Å². The number of unbranched alkanes of at least 4 members (excludes halogenated alkanes) is 18. The Hall–Kier alpha value is -0.880. The third-order valence-corrected chi connectivity index (χ3v) is 10.7. The Balaban J connectivity index is 2.33. The molecule has 0 aliphatic carbocycles. The van der Waals surface area contributed by atoms with Crippen molar-refractivity contribution in [2.75, 3.05) is 11.5 Å². The third-order valence-electron chi connectivity index (χ3n) is 7.06. The van der Waals surface area contributed by atoms with Gasteiger partial charge in [0.25, 0.3) is 0 Å². The molecule has 0 saturated carbocycles. The van der Waals surface area contributed by atoms with E-state index >= 15 is 0 Å². The molecule has 4 nitrogen and oxygen atoms in total. The number of hydrogen-bond acceptors (Lipinski definition) is 4. The maximum Gasteiger partial charge on any atom is 0.178 e. The molecule has 36 heavy (non-hydrogen) atoms. The van der Waals surface area contributed by atoms with E-state index in [1.165, 1.54) is 108 Å². The summed E-state index contributed by atoms with van der Waals surface area (Å²) in [4.78, 5) is 0.283. The summed E-state index contributed by atoms with van der Waals surface area (Å²) in [6.45, 7) is 4.45. The van der Waals surface area contributed by atoms with Crippen molar-refractivity contribution in [3.8, 4) is 0 Å². The summed E-state index contributed by atoms with van der Waals surface area (Å²) in [5.41, 5.74) is 0. The molecule has 1 aromatic rings. The van der Waals surface area contributed by atoms with Gasteiger partial charge in [-0.05, 0) is 31.0 Å². The molecule has 0 radical (unpaired) electrons. The van der Waals surface area contributed by atoms with Crippen molar-refractivity contribution in [1.29, 1.82) is 0 Å². The molecule has 0 aliphatic rings. The van der Waals surface area contributed by atoms with E-state index in [9.17, 15) is 16.8 Å². The third kappa shape index (κ3) is 15.4. The first-order chi connectivity index (χ1) is 17.3. The lowest BCUT2D eigenvalue weighted by atomic mass is 10.1. The van der Waals surface area contributed by atoms with Gasteiger partial charge in [0.05, 0.1) is 21.3 Å². The van der Waals surface area contributed by atoms with Gasteiger partial charge < -0.3 is 0 Å². The maximum atomic E-state index is 12.8. The minimum Gasteiger partial charge on any atom is -0.224 e. The van der Waals surface area contributed by atoms with E-state index in [2.05, 4.69) is 13.8 Å². The van der Waals surface area contributed by atoms with Crippen LogP contribution in [0.1, 0.15) is 142 Å². The smallest absolute Gasteiger partial charge is 0.178 e. The van der Waals surface area contributed by atoms with E-state index in [0.717, 1.165) is 25.7 Å². The summed E-state index contributed by atoms with van der Waals surface area (Å²) in [6, 6.07) is 6.00. The van der Waals surface area contributed by atoms with Crippen LogP contribution in [0, 0.1) is 0 Å². The molecule has 0 bridgehead atoms. The topological polar surface area (TPSA) is 68.3 Å². The second-order valence-corrected chi connectivity index (χ2v) is 14.7. The maximum absolute atomic E-state index is 12.8. The quantitative estimate of drug-likeness (QED) is 0.122. The fourth-order valence-electron chi connectivity index (χ4n) is 4.66. The molecule has 0 unspecified atom stereocenters. The Bertz CT molecular complexity index is 807. The molecule has 0 aliphatic heterocycles. The summed E-state index contributed by atoms with van der Waals surface area (Å²) in [5.74, 6) is 0.177. The van der Waals surface area contributed by atoms with E-state index in [1.807, 2.05) is 0 Å². The van der Waals surface area contributed by atoms with Gasteiger partial charge in [-0.25, -0.2) is 16.8 Å². The van der Waals surface area contributed by atoms with Crippen LogP contribution in [0.3, 0.4) is 0 Å². The highest BCUT2D eigenvalue weighted by Gasteiger charge is 2.19. The highest BCUT2D eigenvalue weighted by atomic mass is 32.2. The molecule has 210 valence electrons. The van der Waals surface area contributed by atoms with Crippen LogP contribution < -0.4 is 0 Å². The molecule has 1 aromatic carbocycles. The summed E-state index contributed by atoms with van der Waals surface area (Å²) in [5, 5.41) is 0. The van der Waals surface area contributed by atoms with Gasteiger partial charge in [-0.2, -0.15) is 0 Å². The predicted molar refractivity (Wildman–Crippen MR) is 154 cm³/mol. The molecule has 0 spiro atoms. The SMILES string of the molecule is CCCCCCCCCCCCS(=O)(=O)c1cccc(S(=O)(=O)CCCCCCCCCCCC)c1. The summed E-state index contributed by atoms with van der Waals surface area (Å²) in [6.07, 6.45) is 23.0. The van der Waals surface area contributed by atoms with Crippen molar-refractivity contribution in [1.82, 2.24) is 0 Å². The van der Waals surface area contributed by atoms with Crippen molar-refractivity contribution in [2.45, 2.75) is 152 Å². The highest BCUT2D eigenvalue weighted by Crippen LogP contribution is 2.21. The molecule has 0 N–H and O–H groups in total. The first-order valence-corrected chi connectivity index (χ1v) is 18.2. The lowest BCUT2D eigenvalue weighted by molar-refractivity contribution is 0.557. The first kappa shape index (κ1) is 33.1. The van der Waals surface area contributed by atoms with Gasteiger partial charge in [0, 0.05) is 0 Å². The lowest BCUT2D eigenvalue weighted by Gasteiger charge is -2.09. The molecule has 0 saturated heterocycles. The van der Waals surface area contributed by atoms with Crippen molar-refractivity contribution < 1.29 is 16.8 Å². The van der Waals surface area contributed by atoms with Gasteiger partial charge in [0.15, 0.2) is 19.7 Å². The highest BCUT2D eigenvalue weighted by molar-refractivity contribution is 7.92. The van der Waals surface area contributed by atoms with Crippen LogP contribution in [0.2, 0.25) is 0 Å². The minimum absolute atomic E-state index is 0.0887. The minimum atomic E-state index is -3.46. The van der Waals surface area contributed by atoms with Crippen LogP contribution >= 0.6 is 0 Å². The zero-order valence-electron chi connectivity index (χ0n) is 23.3. The standard InChI is InChI=1S/C30H54O4S2/c1-3-5-7-9-11-13-15-17-19-21-26-35(31,32)29-24-23-25-30(28-29)36(33,34)27-22-20-18-16-14-12-10-8-6-4-2/h23-25,28H,3-22,26-27H2,1-2H3. The predicted octanol–water partition coefficient (Wildman–Crippen LogP) is 9.08. The monoisotopic (exact) mass is 542 g/mol. The van der Waals surface area contributed by atoms with E-state index < -0.39 is 19.7 Å². The molecule has 0 heterocycles. The Morgan fingerprint density at radius 3 is 1.03 bits per heavy atom. The van der Waals surface area contributed by atoms with Crippen molar-refractivity contribution in [3.63, 3.8) is 0 Å². The van der Waals surface area contributed by atoms with Crippen LogP contribution in [0.15, 0.2) is 34.1 Å². The molecule has 1 rings (SSSR count). The molecule has 0 atom stereocenters. The van der Waals surface area contributed by atoms with Crippen LogP contribution in [-0.4, -0.2) is 28.3 Å². The summed E-state index contributed by atoms with van der Waals surface area (Å²) in [7, 11) is -6.92. The average molecular weight is 543 g/mol. The van der Waals surface area contributed by atoms with Crippen LogP contribution in [0.4, 0.5) is 0 Å². The Morgan fingerprint density at radius 1 is 0.444 bits per heavy atom. The van der Waals surface area contributed by atoms with Crippen molar-refractivity contribution in [3.05, 3.63) is 24.3 Å². The zero-order chi connectivity index (χ0) is 26.5. The summed E-state index contributed by atoms with van der Waals surface area (Å²) < 4.78 is 51.2. The van der Waals surface area contributed by atoms with Gasteiger partial charge in [0.1, 0.15) is 0 Å². The van der Waals surface area contributed by atoms with Gasteiger partial charge in [-0.15, -0.1) is 0 Å². The van der Waals surface area contributed by atoms with Crippen molar-refractivity contribution >= 4 is 19.7 Å². The molecule has 0 amide bonds. The number of rotatable bonds is 24. The molecule has 0 fully saturated rings. The van der Waals surface area contributed by atoms with Crippen LogP contribution in [0.5, 0.6) is 0 Å². The zero-order valence-corrected chi connectivity index (χ0v) is 24.9. The number of benzene rings is 1. The van der Waals surface area contributed by atoms with Crippen molar-refractivity contribution in [2.24, 2.45) is 0 Å². The number of sulfone groups is 2. The van der Waals surface area contributed by atoms with Crippen LogP contribution in [0.25, 0.3) is 0 Å². The van der Waals surface area contributed by atoms with Gasteiger partial charge >= 0.3 is 0 Å². The Kier molecular flexibility index (Phi) is 18.5. The lowest BCUT2D eigenvalue weighted by Crippen LogP contribution is -2.10. The van der Waals surface area contributed by atoms with Gasteiger partial charge in [-0.1, -0.05) is 135 Å². The van der Waals surface area contributed by atoms with E-state index in [-0.39, 0.29) is 21.3 Å². The van der Waals surface area contributed by atoms with E-state index in [1.54, 1.807) is 6.07 Å². The summed E-state index contributed by atoms with van der Waals surface area (Å²) >= 11 is 0. The van der Waals surface area contributed by atoms with Gasteiger partial charge in [-0.3, -0.25) is 0 Å². The normalized spacial score (nSPS) is 12.3. The largest absolute Gasteiger partial charge is 0.224 e. The number of hydrogen-bond donors (Lipinski definition) is 0. The fraction of sp³-hybridized carbons (Fsp3) is 0.800. The molecule has 0 aromatic heterocycles. The molecular formula is C30H54O4S2. The molecule has 6 heteroatoms. The Labute approximate surface area is 223 Å². The first-order valence-electron chi connectivity index (χ1n) is 14.9. The van der Waals surface area contributed by atoms with E-state index in [0.29, 0.717) is 12.8 Å². The fourth-order valence-corrected chi connectivity index (χ4v) is 7.56. The average Bonchev–Trinajstić information content (AvgIpc) is 2.86. The molecular weight excluding hydrogens is 488 g/mol. The van der Waals surface area contributed by atoms with Crippen LogP contribution in [-0.2, 0) is 19.7 Å².